The van der Waals surface area contributed by atoms with E-state index in [-0.39, 0.29) is 17.0 Å². The zero-order valence-corrected chi connectivity index (χ0v) is 17.7. The predicted octanol–water partition coefficient (Wildman–Crippen LogP) is 3.93. The molecule has 0 radical (unpaired) electrons. The topological polar surface area (TPSA) is 97.4 Å². The summed E-state index contributed by atoms with van der Waals surface area (Å²) in [7, 11) is 0. The van der Waals surface area contributed by atoms with Crippen molar-refractivity contribution in [2.75, 3.05) is 5.32 Å². The second kappa shape index (κ2) is 8.97. The maximum atomic E-state index is 12.8. The third kappa shape index (κ3) is 6.16. The largest absolute Gasteiger partial charge is 0.444 e. The lowest BCUT2D eigenvalue weighted by atomic mass is 10.1. The molecular weight excluding hydrogens is 426 g/mol. The van der Waals surface area contributed by atoms with Crippen molar-refractivity contribution in [1.29, 1.82) is 0 Å². The van der Waals surface area contributed by atoms with Crippen molar-refractivity contribution in [3.05, 3.63) is 58.3 Å². The van der Waals surface area contributed by atoms with Gasteiger partial charge in [0.2, 0.25) is 11.7 Å². The SMILES string of the molecule is C[C@H](NC(=O)OC(C)(C)C)C(=O)Nc1ccc(Br)cc1C(=O)c1ccccn1. The number of ketones is 1. The summed E-state index contributed by atoms with van der Waals surface area (Å²) in [6.07, 6.45) is 0.826. The van der Waals surface area contributed by atoms with Gasteiger partial charge in [-0.1, -0.05) is 22.0 Å². The Morgan fingerprint density at radius 2 is 1.86 bits per heavy atom. The molecule has 0 aliphatic heterocycles. The molecular formula is C20H22BrN3O4. The number of carbonyl (C=O) groups is 3. The Kier molecular flexibility index (Phi) is 6.90. The van der Waals surface area contributed by atoms with Gasteiger partial charge in [-0.25, -0.2) is 4.79 Å². The van der Waals surface area contributed by atoms with E-state index in [1.54, 1.807) is 57.2 Å². The Hall–Kier alpha value is -2.74. The number of nitrogens with one attached hydrogen (secondary N) is 2. The van der Waals surface area contributed by atoms with E-state index in [1.807, 2.05) is 0 Å². The minimum absolute atomic E-state index is 0.260. The van der Waals surface area contributed by atoms with Crippen LogP contribution in [-0.2, 0) is 9.53 Å². The first-order valence-electron chi connectivity index (χ1n) is 8.62. The first-order valence-corrected chi connectivity index (χ1v) is 9.42. The smallest absolute Gasteiger partial charge is 0.408 e. The van der Waals surface area contributed by atoms with E-state index in [4.69, 9.17) is 4.74 Å². The number of hydrogen-bond acceptors (Lipinski definition) is 5. The number of halogens is 1. The number of nitrogens with zero attached hydrogens (tertiary/aromatic N) is 1. The van der Waals surface area contributed by atoms with Crippen molar-refractivity contribution in [2.45, 2.75) is 39.3 Å². The number of carbonyl (C=O) groups excluding carboxylic acids is 3. The van der Waals surface area contributed by atoms with Gasteiger partial charge in [-0.2, -0.15) is 0 Å². The summed E-state index contributed by atoms with van der Waals surface area (Å²) in [4.78, 5) is 41.2. The quantitative estimate of drug-likeness (QED) is 0.676. The van der Waals surface area contributed by atoms with Gasteiger partial charge < -0.3 is 15.4 Å². The van der Waals surface area contributed by atoms with Crippen LogP contribution in [0.25, 0.3) is 0 Å². The van der Waals surface area contributed by atoms with Gasteiger partial charge in [0.15, 0.2) is 0 Å². The highest BCUT2D eigenvalue weighted by Gasteiger charge is 2.23. The lowest BCUT2D eigenvalue weighted by molar-refractivity contribution is -0.117. The van der Waals surface area contributed by atoms with Crippen molar-refractivity contribution in [3.63, 3.8) is 0 Å². The van der Waals surface area contributed by atoms with Gasteiger partial charge in [0.1, 0.15) is 17.3 Å². The summed E-state index contributed by atoms with van der Waals surface area (Å²) in [5.41, 5.74) is 0.192. The molecule has 1 aromatic carbocycles. The van der Waals surface area contributed by atoms with Gasteiger partial charge >= 0.3 is 6.09 Å². The maximum absolute atomic E-state index is 12.8. The number of hydrogen-bond donors (Lipinski definition) is 2. The van der Waals surface area contributed by atoms with E-state index in [0.29, 0.717) is 10.2 Å². The maximum Gasteiger partial charge on any atom is 0.408 e. The van der Waals surface area contributed by atoms with Crippen LogP contribution in [0.5, 0.6) is 0 Å². The highest BCUT2D eigenvalue weighted by Crippen LogP contribution is 2.23. The molecule has 0 aliphatic rings. The Labute approximate surface area is 172 Å². The van der Waals surface area contributed by atoms with Crippen LogP contribution in [0.15, 0.2) is 47.1 Å². The molecule has 2 rings (SSSR count). The van der Waals surface area contributed by atoms with Crippen molar-refractivity contribution in [1.82, 2.24) is 10.3 Å². The van der Waals surface area contributed by atoms with E-state index in [1.165, 1.54) is 13.1 Å². The van der Waals surface area contributed by atoms with Crippen molar-refractivity contribution < 1.29 is 19.1 Å². The summed E-state index contributed by atoms with van der Waals surface area (Å²) in [5, 5.41) is 5.15. The van der Waals surface area contributed by atoms with E-state index < -0.39 is 23.6 Å². The van der Waals surface area contributed by atoms with Crippen molar-refractivity contribution in [3.8, 4) is 0 Å². The lowest BCUT2D eigenvalue weighted by Crippen LogP contribution is -2.44. The van der Waals surface area contributed by atoms with Crippen LogP contribution in [-0.4, -0.2) is 34.4 Å². The summed E-state index contributed by atoms with van der Waals surface area (Å²) in [6, 6.07) is 9.08. The fourth-order valence-electron chi connectivity index (χ4n) is 2.24. The average molecular weight is 448 g/mol. The molecule has 0 saturated heterocycles. The average Bonchev–Trinajstić information content (AvgIpc) is 2.61. The summed E-state index contributed by atoms with van der Waals surface area (Å²) >= 11 is 3.33. The highest BCUT2D eigenvalue weighted by molar-refractivity contribution is 9.10. The number of pyridine rings is 1. The number of amides is 2. The van der Waals surface area contributed by atoms with Crippen LogP contribution in [0.3, 0.4) is 0 Å². The molecule has 2 aromatic rings. The van der Waals surface area contributed by atoms with Gasteiger partial charge in [0.05, 0.1) is 5.69 Å². The Balaban J connectivity index is 2.16. The van der Waals surface area contributed by atoms with Gasteiger partial charge in [0, 0.05) is 16.2 Å². The minimum atomic E-state index is -0.865. The van der Waals surface area contributed by atoms with E-state index in [2.05, 4.69) is 31.5 Å². The number of anilines is 1. The molecule has 0 saturated carbocycles. The molecule has 8 heteroatoms. The Bertz CT molecular complexity index is 879. The summed E-state index contributed by atoms with van der Waals surface area (Å²) < 4.78 is 5.83. The van der Waals surface area contributed by atoms with Crippen LogP contribution >= 0.6 is 15.9 Å². The van der Waals surface area contributed by atoms with Crippen LogP contribution in [0, 0.1) is 0 Å². The third-order valence-corrected chi connectivity index (χ3v) is 4.00. The number of rotatable bonds is 5. The molecule has 148 valence electrons. The van der Waals surface area contributed by atoms with Gasteiger partial charge in [-0.3, -0.25) is 14.6 Å². The standard InChI is InChI=1S/C20H22BrN3O4/c1-12(23-19(27)28-20(2,3)4)18(26)24-15-9-8-13(21)11-14(15)17(25)16-7-5-6-10-22-16/h5-12H,1-4H3,(H,23,27)(H,24,26)/t12-/m0/s1. The second-order valence-electron chi connectivity index (χ2n) is 7.09. The molecule has 28 heavy (non-hydrogen) atoms. The first kappa shape index (κ1) is 21.6. The fourth-order valence-corrected chi connectivity index (χ4v) is 2.60. The molecule has 7 nitrogen and oxygen atoms in total. The van der Waals surface area contributed by atoms with Gasteiger partial charge in [-0.15, -0.1) is 0 Å². The molecule has 1 heterocycles. The van der Waals surface area contributed by atoms with E-state index >= 15 is 0 Å². The van der Waals surface area contributed by atoms with Gasteiger partial charge in [0.25, 0.3) is 0 Å². The molecule has 1 aromatic heterocycles. The third-order valence-electron chi connectivity index (χ3n) is 3.51. The predicted molar refractivity (Wildman–Crippen MR) is 109 cm³/mol. The molecule has 2 amide bonds. The number of benzene rings is 1. The summed E-state index contributed by atoms with van der Waals surface area (Å²) in [6.45, 7) is 6.72. The fraction of sp³-hybridized carbons (Fsp3) is 0.300. The molecule has 2 N–H and O–H groups in total. The van der Waals surface area contributed by atoms with Crippen LogP contribution in [0.4, 0.5) is 10.5 Å². The molecule has 0 spiro atoms. The highest BCUT2D eigenvalue weighted by atomic mass is 79.9. The van der Waals surface area contributed by atoms with Crippen LogP contribution in [0.1, 0.15) is 43.7 Å². The van der Waals surface area contributed by atoms with Crippen LogP contribution in [0.2, 0.25) is 0 Å². The van der Waals surface area contributed by atoms with Crippen LogP contribution < -0.4 is 10.6 Å². The molecule has 1 atom stereocenters. The second-order valence-corrected chi connectivity index (χ2v) is 8.01. The van der Waals surface area contributed by atoms with Crippen molar-refractivity contribution >= 4 is 39.4 Å². The minimum Gasteiger partial charge on any atom is -0.444 e. The number of ether oxygens (including phenoxy) is 1. The lowest BCUT2D eigenvalue weighted by Gasteiger charge is -2.22. The molecule has 0 fully saturated rings. The van der Waals surface area contributed by atoms with Gasteiger partial charge in [-0.05, 0) is 58.0 Å². The first-order chi connectivity index (χ1) is 13.1. The normalized spacial score (nSPS) is 12.0. The monoisotopic (exact) mass is 447 g/mol. The zero-order chi connectivity index (χ0) is 20.9. The summed E-state index contributed by atoms with van der Waals surface area (Å²) in [5.74, 6) is -0.812. The van der Waals surface area contributed by atoms with Crippen molar-refractivity contribution in [2.24, 2.45) is 0 Å². The zero-order valence-electron chi connectivity index (χ0n) is 16.1. The van der Waals surface area contributed by atoms with E-state index in [0.717, 1.165) is 0 Å². The Morgan fingerprint density at radius 3 is 2.46 bits per heavy atom. The number of aromatic nitrogens is 1. The Morgan fingerprint density at radius 1 is 1.14 bits per heavy atom. The number of alkyl carbamates (subject to hydrolysis) is 1. The molecule has 0 unspecified atom stereocenters. The molecule has 0 bridgehead atoms. The molecule has 0 aliphatic carbocycles. The van der Waals surface area contributed by atoms with E-state index in [9.17, 15) is 14.4 Å².